The van der Waals surface area contributed by atoms with Crippen molar-refractivity contribution in [3.8, 4) is 0 Å². The molecule has 34 heavy (non-hydrogen) atoms. The average Bonchev–Trinajstić information content (AvgIpc) is 3.27. The van der Waals surface area contributed by atoms with Crippen LogP contribution in [0.2, 0.25) is 0 Å². The minimum Gasteiger partial charge on any atom is -0.465 e. The van der Waals surface area contributed by atoms with Gasteiger partial charge >= 0.3 is 5.97 Å². The highest BCUT2D eigenvalue weighted by Crippen LogP contribution is 2.61. The molecule has 5 nitrogen and oxygen atoms in total. The van der Waals surface area contributed by atoms with Crippen molar-refractivity contribution in [3.63, 3.8) is 0 Å². The van der Waals surface area contributed by atoms with E-state index in [9.17, 15) is 19.8 Å². The van der Waals surface area contributed by atoms with Crippen LogP contribution in [0.4, 0.5) is 0 Å². The molecule has 3 saturated carbocycles. The van der Waals surface area contributed by atoms with E-state index < -0.39 is 23.6 Å². The number of fused-ring (bicyclic) bond motifs is 1. The summed E-state index contributed by atoms with van der Waals surface area (Å²) in [5, 5.41) is 20.3. The van der Waals surface area contributed by atoms with Crippen molar-refractivity contribution in [1.29, 1.82) is 0 Å². The molecule has 0 saturated heterocycles. The molecule has 0 aromatic heterocycles. The van der Waals surface area contributed by atoms with Crippen molar-refractivity contribution in [1.82, 2.24) is 0 Å². The molecule has 3 aliphatic rings. The van der Waals surface area contributed by atoms with Gasteiger partial charge in [-0.15, -0.1) is 0 Å². The van der Waals surface area contributed by atoms with Crippen LogP contribution in [-0.2, 0) is 14.3 Å². The van der Waals surface area contributed by atoms with Crippen LogP contribution in [0.25, 0.3) is 0 Å². The number of aliphatic hydroxyl groups excluding tert-OH is 2. The molecule has 7 atom stereocenters. The Morgan fingerprint density at radius 2 is 1.88 bits per heavy atom. The number of rotatable bonds is 7. The van der Waals surface area contributed by atoms with Gasteiger partial charge in [-0.25, -0.2) is 0 Å². The van der Waals surface area contributed by atoms with E-state index >= 15 is 0 Å². The lowest BCUT2D eigenvalue weighted by Gasteiger charge is -2.34. The highest BCUT2D eigenvalue weighted by atomic mass is 16.5. The van der Waals surface area contributed by atoms with Crippen LogP contribution in [0.15, 0.2) is 35.5 Å². The van der Waals surface area contributed by atoms with Crippen molar-refractivity contribution in [2.75, 3.05) is 6.61 Å². The Balaban J connectivity index is 1.69. The Bertz CT molecular complexity index is 866. The highest BCUT2D eigenvalue weighted by molar-refractivity contribution is 6.08. The molecule has 2 N–H and O–H groups in total. The predicted octanol–water partition coefficient (Wildman–Crippen LogP) is 5.17. The maximum Gasteiger partial charge on any atom is 0.319 e. The number of hydrogen-bond acceptors (Lipinski definition) is 5. The molecule has 0 bridgehead atoms. The maximum atomic E-state index is 12.7. The Labute approximate surface area is 205 Å². The number of aliphatic hydroxyl groups is 2. The van der Waals surface area contributed by atoms with Crippen molar-refractivity contribution in [3.05, 3.63) is 35.5 Å². The SMILES string of the molecule is CCOC(=O)C(C)(C)C(=O)C=C[C@@H](C)[C@H]1CC[C@H]2C(=CC=C3C[C@@H](O)C[C@@H](O)[C@@H]3C)CC[C@]12C. The maximum absolute atomic E-state index is 12.7. The Morgan fingerprint density at radius 1 is 1.21 bits per heavy atom. The molecule has 0 spiro atoms. The van der Waals surface area contributed by atoms with Gasteiger partial charge in [-0.3, -0.25) is 9.59 Å². The number of carbonyl (C=O) groups excluding carboxylic acids is 2. The lowest BCUT2D eigenvalue weighted by Crippen LogP contribution is -2.34. The number of carbonyl (C=O) groups is 2. The first-order valence-corrected chi connectivity index (χ1v) is 13.1. The van der Waals surface area contributed by atoms with E-state index in [-0.39, 0.29) is 29.6 Å². The molecule has 3 fully saturated rings. The lowest BCUT2D eigenvalue weighted by atomic mass is 9.70. The molecule has 0 unspecified atom stereocenters. The van der Waals surface area contributed by atoms with E-state index in [1.165, 1.54) is 5.57 Å². The van der Waals surface area contributed by atoms with Crippen molar-refractivity contribution < 1.29 is 24.5 Å². The smallest absolute Gasteiger partial charge is 0.319 e. The molecule has 0 aromatic rings. The molecular formula is C29H44O5. The van der Waals surface area contributed by atoms with E-state index in [0.29, 0.717) is 24.7 Å². The summed E-state index contributed by atoms with van der Waals surface area (Å²) in [7, 11) is 0. The van der Waals surface area contributed by atoms with Crippen LogP contribution in [0.3, 0.4) is 0 Å². The zero-order valence-electron chi connectivity index (χ0n) is 21.8. The fraction of sp³-hybridized carbons (Fsp3) is 0.724. The Morgan fingerprint density at radius 3 is 2.56 bits per heavy atom. The summed E-state index contributed by atoms with van der Waals surface area (Å²) in [5.41, 5.74) is 1.66. The molecule has 3 rings (SSSR count). The van der Waals surface area contributed by atoms with Gasteiger partial charge in [0.1, 0.15) is 5.41 Å². The first-order valence-electron chi connectivity index (χ1n) is 13.1. The van der Waals surface area contributed by atoms with E-state index in [0.717, 1.165) is 31.3 Å². The molecule has 0 radical (unpaired) electrons. The zero-order valence-corrected chi connectivity index (χ0v) is 21.8. The molecule has 5 heteroatoms. The summed E-state index contributed by atoms with van der Waals surface area (Å²) in [4.78, 5) is 24.9. The van der Waals surface area contributed by atoms with E-state index in [1.54, 1.807) is 26.8 Å². The summed E-state index contributed by atoms with van der Waals surface area (Å²) in [6.45, 7) is 11.9. The van der Waals surface area contributed by atoms with Gasteiger partial charge in [0, 0.05) is 12.3 Å². The number of esters is 1. The van der Waals surface area contributed by atoms with Gasteiger partial charge in [-0.05, 0) is 82.1 Å². The van der Waals surface area contributed by atoms with Gasteiger partial charge in [-0.1, -0.05) is 50.1 Å². The highest BCUT2D eigenvalue weighted by Gasteiger charge is 2.52. The van der Waals surface area contributed by atoms with Gasteiger partial charge < -0.3 is 14.9 Å². The first-order chi connectivity index (χ1) is 15.9. The molecule has 0 aliphatic heterocycles. The third-order valence-corrected chi connectivity index (χ3v) is 9.06. The van der Waals surface area contributed by atoms with E-state index in [4.69, 9.17) is 4.74 Å². The number of ether oxygens (including phenoxy) is 1. The summed E-state index contributed by atoms with van der Waals surface area (Å²) in [6.07, 6.45) is 12.7. The van der Waals surface area contributed by atoms with Crippen molar-refractivity contribution in [2.24, 2.45) is 34.5 Å². The van der Waals surface area contributed by atoms with E-state index in [1.807, 2.05) is 13.0 Å². The first kappa shape index (κ1) is 26.9. The largest absolute Gasteiger partial charge is 0.465 e. The Kier molecular flexibility index (Phi) is 8.29. The minimum atomic E-state index is -1.16. The summed E-state index contributed by atoms with van der Waals surface area (Å²) >= 11 is 0. The summed E-state index contributed by atoms with van der Waals surface area (Å²) in [6, 6.07) is 0. The molecule has 190 valence electrons. The monoisotopic (exact) mass is 472 g/mol. The lowest BCUT2D eigenvalue weighted by molar-refractivity contribution is -0.156. The van der Waals surface area contributed by atoms with Gasteiger partial charge in [0.05, 0.1) is 18.8 Å². The fourth-order valence-electron chi connectivity index (χ4n) is 6.58. The third kappa shape index (κ3) is 5.26. The molecule has 0 heterocycles. The van der Waals surface area contributed by atoms with E-state index in [2.05, 4.69) is 26.0 Å². The molecule has 0 aromatic carbocycles. The van der Waals surface area contributed by atoms with Crippen LogP contribution in [-0.4, -0.2) is 40.8 Å². The fourth-order valence-corrected chi connectivity index (χ4v) is 6.58. The normalized spacial score (nSPS) is 37.4. The molecular weight excluding hydrogens is 428 g/mol. The number of ketones is 1. The minimum absolute atomic E-state index is 0.0888. The topological polar surface area (TPSA) is 83.8 Å². The Hall–Kier alpha value is -1.72. The van der Waals surface area contributed by atoms with Crippen molar-refractivity contribution >= 4 is 11.8 Å². The second-order valence-corrected chi connectivity index (χ2v) is 11.6. The summed E-state index contributed by atoms with van der Waals surface area (Å²) in [5.74, 6) is 0.678. The van der Waals surface area contributed by atoms with Crippen LogP contribution >= 0.6 is 0 Å². The second kappa shape index (κ2) is 10.5. The van der Waals surface area contributed by atoms with Gasteiger partial charge in [0.15, 0.2) is 5.78 Å². The van der Waals surface area contributed by atoms with Gasteiger partial charge in [0.2, 0.25) is 0 Å². The van der Waals surface area contributed by atoms with Crippen LogP contribution < -0.4 is 0 Å². The predicted molar refractivity (Wildman–Crippen MR) is 134 cm³/mol. The third-order valence-electron chi connectivity index (χ3n) is 9.06. The second-order valence-electron chi connectivity index (χ2n) is 11.6. The standard InChI is InChI=1S/C29H44O5/c1-7-34-27(33)28(4,5)26(32)13-8-18(2)23-11-12-24-20(14-15-29(23,24)6)9-10-21-16-22(30)17-25(31)19(21)3/h8-10,13,18-19,22-25,30-31H,7,11-12,14-17H2,1-6H3/t18-,19-,22-,23-,24+,25-,29-/m1/s1. The van der Waals surface area contributed by atoms with Crippen molar-refractivity contribution in [2.45, 2.75) is 92.3 Å². The van der Waals surface area contributed by atoms with Crippen LogP contribution in [0, 0.1) is 34.5 Å². The summed E-state index contributed by atoms with van der Waals surface area (Å²) < 4.78 is 5.07. The zero-order chi connectivity index (χ0) is 25.3. The number of allylic oxidation sites excluding steroid dienone is 5. The van der Waals surface area contributed by atoms with Gasteiger partial charge in [-0.2, -0.15) is 0 Å². The molecule has 3 aliphatic carbocycles. The van der Waals surface area contributed by atoms with Gasteiger partial charge in [0.25, 0.3) is 0 Å². The number of hydrogen-bond donors (Lipinski definition) is 2. The molecule has 0 amide bonds. The van der Waals surface area contributed by atoms with Crippen LogP contribution in [0.1, 0.15) is 80.1 Å². The quantitative estimate of drug-likeness (QED) is 0.303. The average molecular weight is 473 g/mol. The van der Waals surface area contributed by atoms with Crippen LogP contribution in [0.5, 0.6) is 0 Å².